The highest BCUT2D eigenvalue weighted by Gasteiger charge is 2.14. The van der Waals surface area contributed by atoms with E-state index < -0.39 is 0 Å². The fraction of sp³-hybridized carbons (Fsp3) is 0.500. The molecule has 0 N–H and O–H groups in total. The Morgan fingerprint density at radius 1 is 1.38 bits per heavy atom. The summed E-state index contributed by atoms with van der Waals surface area (Å²) in [5.41, 5.74) is 0.857. The van der Waals surface area contributed by atoms with E-state index >= 15 is 0 Å². The number of ether oxygens (including phenoxy) is 1. The molecule has 0 radical (unpaired) electrons. The van der Waals surface area contributed by atoms with Gasteiger partial charge in [-0.15, -0.1) is 0 Å². The van der Waals surface area contributed by atoms with E-state index in [4.69, 9.17) is 4.74 Å². The molecule has 0 bridgehead atoms. The monoisotopic (exact) mass is 243 g/mol. The summed E-state index contributed by atoms with van der Waals surface area (Å²) in [6.07, 6.45) is 1.74. The highest BCUT2D eigenvalue weighted by molar-refractivity contribution is 9.10. The first kappa shape index (κ1) is 10.5. The maximum absolute atomic E-state index is 5.66. The number of hydrogen-bond donors (Lipinski definition) is 0. The van der Waals surface area contributed by atoms with Gasteiger partial charge in [-0.1, -0.05) is 0 Å². The topological polar surface area (TPSA) is 22.1 Å². The molecular weight excluding hydrogens is 230 g/mol. The molecular formula is C10H14BrNO. The Bertz CT molecular complexity index is 304. The molecule has 0 saturated carbocycles. The smallest absolute Gasteiger partial charge is 0.216 e. The number of rotatable bonds is 1. The minimum Gasteiger partial charge on any atom is -0.472 e. The Morgan fingerprint density at radius 2 is 2.00 bits per heavy atom. The zero-order chi connectivity index (χ0) is 10.1. The normalized spacial score (nSPS) is 11.5. The van der Waals surface area contributed by atoms with Crippen molar-refractivity contribution in [3.05, 3.63) is 22.3 Å². The van der Waals surface area contributed by atoms with Gasteiger partial charge in [-0.25, -0.2) is 4.98 Å². The predicted octanol–water partition coefficient (Wildman–Crippen LogP) is 3.33. The summed E-state index contributed by atoms with van der Waals surface area (Å²) >= 11 is 3.36. The molecule has 0 fully saturated rings. The van der Waals surface area contributed by atoms with Crippen molar-refractivity contribution < 1.29 is 4.74 Å². The van der Waals surface area contributed by atoms with Crippen LogP contribution in [0, 0.1) is 6.92 Å². The molecule has 1 aromatic heterocycles. The van der Waals surface area contributed by atoms with Crippen LogP contribution in [0.1, 0.15) is 26.3 Å². The molecule has 0 spiro atoms. The van der Waals surface area contributed by atoms with Crippen LogP contribution in [-0.2, 0) is 0 Å². The van der Waals surface area contributed by atoms with Crippen molar-refractivity contribution in [1.82, 2.24) is 4.98 Å². The van der Waals surface area contributed by atoms with Gasteiger partial charge in [0.05, 0.1) is 0 Å². The summed E-state index contributed by atoms with van der Waals surface area (Å²) in [5, 5.41) is 0. The second-order valence-corrected chi connectivity index (χ2v) is 4.91. The first-order chi connectivity index (χ1) is 5.88. The summed E-state index contributed by atoms with van der Waals surface area (Å²) in [5.74, 6) is 0.704. The number of aryl methyl sites for hydroxylation is 1. The average Bonchev–Trinajstić information content (AvgIpc) is 1.93. The van der Waals surface area contributed by atoms with Crippen LogP contribution in [0.25, 0.3) is 0 Å². The van der Waals surface area contributed by atoms with Crippen molar-refractivity contribution >= 4 is 15.9 Å². The lowest BCUT2D eigenvalue weighted by Gasteiger charge is -2.21. The lowest BCUT2D eigenvalue weighted by atomic mass is 10.2. The Kier molecular flexibility index (Phi) is 2.96. The van der Waals surface area contributed by atoms with E-state index in [1.165, 1.54) is 0 Å². The fourth-order valence-electron chi connectivity index (χ4n) is 0.925. The van der Waals surface area contributed by atoms with E-state index in [-0.39, 0.29) is 5.60 Å². The van der Waals surface area contributed by atoms with Gasteiger partial charge in [0.1, 0.15) is 5.60 Å². The molecule has 0 saturated heterocycles. The molecule has 0 amide bonds. The van der Waals surface area contributed by atoms with Gasteiger partial charge in [0.2, 0.25) is 5.88 Å². The number of aromatic nitrogens is 1. The van der Waals surface area contributed by atoms with Crippen molar-refractivity contribution in [2.75, 3.05) is 0 Å². The molecule has 1 rings (SSSR count). The van der Waals surface area contributed by atoms with Crippen LogP contribution in [0.15, 0.2) is 16.7 Å². The molecule has 0 aliphatic carbocycles. The molecule has 0 aromatic carbocycles. The zero-order valence-corrected chi connectivity index (χ0v) is 9.97. The molecule has 1 heterocycles. The quantitative estimate of drug-likeness (QED) is 0.755. The lowest BCUT2D eigenvalue weighted by Crippen LogP contribution is -2.24. The van der Waals surface area contributed by atoms with Gasteiger partial charge in [0.15, 0.2) is 0 Å². The van der Waals surface area contributed by atoms with Crippen molar-refractivity contribution in [1.29, 1.82) is 0 Å². The predicted molar refractivity (Wildman–Crippen MR) is 57.1 cm³/mol. The summed E-state index contributed by atoms with van der Waals surface area (Å²) in [6, 6.07) is 1.99. The Balaban J connectivity index is 2.90. The van der Waals surface area contributed by atoms with Gasteiger partial charge in [-0.3, -0.25) is 0 Å². The highest BCUT2D eigenvalue weighted by Crippen LogP contribution is 2.22. The lowest BCUT2D eigenvalue weighted by molar-refractivity contribution is 0.123. The highest BCUT2D eigenvalue weighted by atomic mass is 79.9. The van der Waals surface area contributed by atoms with Crippen LogP contribution in [-0.4, -0.2) is 10.6 Å². The number of nitrogens with zero attached hydrogens (tertiary/aromatic N) is 1. The van der Waals surface area contributed by atoms with E-state index in [0.717, 1.165) is 10.0 Å². The van der Waals surface area contributed by atoms with E-state index in [0.29, 0.717) is 5.88 Å². The zero-order valence-electron chi connectivity index (χ0n) is 8.39. The Labute approximate surface area is 87.5 Å². The molecule has 2 nitrogen and oxygen atoms in total. The van der Waals surface area contributed by atoms with E-state index in [1.807, 2.05) is 33.8 Å². The van der Waals surface area contributed by atoms with E-state index in [2.05, 4.69) is 20.9 Å². The van der Waals surface area contributed by atoms with Gasteiger partial charge in [-0.05, 0) is 49.7 Å². The number of hydrogen-bond acceptors (Lipinski definition) is 2. The molecule has 0 aliphatic rings. The van der Waals surface area contributed by atoms with Gasteiger partial charge >= 0.3 is 0 Å². The van der Waals surface area contributed by atoms with Crippen molar-refractivity contribution in [3.63, 3.8) is 0 Å². The number of halogens is 1. The third kappa shape index (κ3) is 3.35. The van der Waals surface area contributed by atoms with Crippen LogP contribution >= 0.6 is 15.9 Å². The SMILES string of the molecule is Cc1cc(Br)cnc1OC(C)(C)C. The first-order valence-corrected chi connectivity index (χ1v) is 4.99. The maximum Gasteiger partial charge on any atom is 0.216 e. The standard InChI is InChI=1S/C10H14BrNO/c1-7-5-8(11)6-12-9(7)13-10(2,3)4/h5-6H,1-4H3. The van der Waals surface area contributed by atoms with Crippen LogP contribution in [0.2, 0.25) is 0 Å². The van der Waals surface area contributed by atoms with E-state index in [9.17, 15) is 0 Å². The van der Waals surface area contributed by atoms with Gasteiger partial charge < -0.3 is 4.74 Å². The van der Waals surface area contributed by atoms with Crippen molar-refractivity contribution in [2.24, 2.45) is 0 Å². The molecule has 3 heteroatoms. The fourth-order valence-corrected chi connectivity index (χ4v) is 1.37. The van der Waals surface area contributed by atoms with Gasteiger partial charge in [-0.2, -0.15) is 0 Å². The van der Waals surface area contributed by atoms with Gasteiger partial charge in [0, 0.05) is 16.2 Å². The number of pyridine rings is 1. The molecule has 13 heavy (non-hydrogen) atoms. The molecule has 0 atom stereocenters. The molecule has 0 unspecified atom stereocenters. The van der Waals surface area contributed by atoms with Crippen molar-refractivity contribution in [2.45, 2.75) is 33.3 Å². The Morgan fingerprint density at radius 3 is 2.46 bits per heavy atom. The minimum absolute atomic E-state index is 0.189. The maximum atomic E-state index is 5.66. The first-order valence-electron chi connectivity index (χ1n) is 4.20. The third-order valence-corrected chi connectivity index (χ3v) is 1.83. The molecule has 0 aliphatic heterocycles. The average molecular weight is 244 g/mol. The summed E-state index contributed by atoms with van der Waals surface area (Å²) in [6.45, 7) is 8.02. The van der Waals surface area contributed by atoms with Gasteiger partial charge in [0.25, 0.3) is 0 Å². The molecule has 1 aromatic rings. The van der Waals surface area contributed by atoms with E-state index in [1.54, 1.807) is 6.20 Å². The largest absolute Gasteiger partial charge is 0.472 e. The summed E-state index contributed by atoms with van der Waals surface area (Å²) in [7, 11) is 0. The van der Waals surface area contributed by atoms with Crippen LogP contribution in [0.3, 0.4) is 0 Å². The molecule has 72 valence electrons. The van der Waals surface area contributed by atoms with Crippen LogP contribution < -0.4 is 4.74 Å². The summed E-state index contributed by atoms with van der Waals surface area (Å²) < 4.78 is 6.63. The van der Waals surface area contributed by atoms with Crippen LogP contribution in [0.4, 0.5) is 0 Å². The minimum atomic E-state index is -0.189. The third-order valence-electron chi connectivity index (χ3n) is 1.40. The summed E-state index contributed by atoms with van der Waals surface area (Å²) in [4.78, 5) is 4.19. The van der Waals surface area contributed by atoms with Crippen molar-refractivity contribution in [3.8, 4) is 5.88 Å². The Hall–Kier alpha value is -0.570. The van der Waals surface area contributed by atoms with Crippen LogP contribution in [0.5, 0.6) is 5.88 Å². The second-order valence-electron chi connectivity index (χ2n) is 3.99. The second kappa shape index (κ2) is 3.66.